The zero-order valence-corrected chi connectivity index (χ0v) is 16.0. The molecule has 0 aliphatic rings. The van der Waals surface area contributed by atoms with Crippen molar-refractivity contribution in [2.75, 3.05) is 0 Å². The second kappa shape index (κ2) is 6.08. The maximum absolute atomic E-state index is 2.41. The highest BCUT2D eigenvalue weighted by Gasteiger charge is 2.17. The normalized spacial score (nSPS) is 11.6. The van der Waals surface area contributed by atoms with Crippen LogP contribution in [0.3, 0.4) is 0 Å². The van der Waals surface area contributed by atoms with E-state index in [0.29, 0.717) is 0 Å². The van der Waals surface area contributed by atoms with Crippen LogP contribution < -0.4 is 0 Å². The van der Waals surface area contributed by atoms with E-state index in [9.17, 15) is 0 Å². The molecule has 0 bridgehead atoms. The number of thiophene rings is 1. The van der Waals surface area contributed by atoms with Crippen LogP contribution in [0, 0.1) is 0 Å². The molecule has 0 unspecified atom stereocenters. The topological polar surface area (TPSA) is 4.93 Å². The van der Waals surface area contributed by atoms with Crippen molar-refractivity contribution in [3.8, 4) is 16.8 Å². The van der Waals surface area contributed by atoms with Gasteiger partial charge in [0, 0.05) is 32.3 Å². The van der Waals surface area contributed by atoms with Gasteiger partial charge in [0.2, 0.25) is 0 Å². The summed E-state index contributed by atoms with van der Waals surface area (Å²) < 4.78 is 3.76. The first-order valence-electron chi connectivity index (χ1n) is 9.46. The molecule has 0 saturated heterocycles. The summed E-state index contributed by atoms with van der Waals surface area (Å²) in [5.41, 5.74) is 6.30. The zero-order chi connectivity index (χ0) is 18.5. The Labute approximate surface area is 167 Å². The lowest BCUT2D eigenvalue weighted by Gasteiger charge is -2.12. The number of fused-ring (bicyclic) bond motifs is 4. The van der Waals surface area contributed by atoms with Crippen LogP contribution >= 0.6 is 11.3 Å². The maximum Gasteiger partial charge on any atom is 0.0619 e. The van der Waals surface area contributed by atoms with Gasteiger partial charge in [-0.05, 0) is 35.0 Å². The second-order valence-corrected chi connectivity index (χ2v) is 7.95. The number of aromatic nitrogens is 1. The van der Waals surface area contributed by atoms with Crippen molar-refractivity contribution in [1.82, 2.24) is 4.57 Å². The standard InChI is InChI=1S/C26H17NS/c1-2-9-19(10-3-1)27-24-15-5-4-11-20(24)21-12-7-13-22(25(21)27)23-14-6-8-18-16-17-28-26(18)23/h1-17H. The Kier molecular flexibility index (Phi) is 3.40. The van der Waals surface area contributed by atoms with E-state index in [-0.39, 0.29) is 0 Å². The molecule has 0 aliphatic carbocycles. The van der Waals surface area contributed by atoms with Crippen LogP contribution in [0.2, 0.25) is 0 Å². The number of rotatable bonds is 2. The van der Waals surface area contributed by atoms with Gasteiger partial charge in [-0.25, -0.2) is 0 Å². The molecule has 0 aliphatic heterocycles. The average molecular weight is 375 g/mol. The van der Waals surface area contributed by atoms with Gasteiger partial charge in [0.05, 0.1) is 11.0 Å². The zero-order valence-electron chi connectivity index (χ0n) is 15.2. The second-order valence-electron chi connectivity index (χ2n) is 7.03. The number of hydrogen-bond acceptors (Lipinski definition) is 1. The van der Waals surface area contributed by atoms with Crippen molar-refractivity contribution in [3.63, 3.8) is 0 Å². The Balaban J connectivity index is 1.83. The summed E-state index contributed by atoms with van der Waals surface area (Å²) in [4.78, 5) is 0. The SMILES string of the molecule is c1ccc(-n2c3ccccc3c3cccc(-c4cccc5ccsc45)c32)cc1. The molecule has 132 valence electrons. The fraction of sp³-hybridized carbons (Fsp3) is 0. The van der Waals surface area contributed by atoms with Gasteiger partial charge < -0.3 is 4.57 Å². The molecule has 0 fully saturated rings. The molecule has 28 heavy (non-hydrogen) atoms. The van der Waals surface area contributed by atoms with Gasteiger partial charge in [-0.2, -0.15) is 0 Å². The molecular formula is C26H17NS. The number of benzene rings is 4. The van der Waals surface area contributed by atoms with E-state index >= 15 is 0 Å². The van der Waals surface area contributed by atoms with Gasteiger partial charge in [-0.3, -0.25) is 0 Å². The molecule has 0 amide bonds. The number of nitrogens with zero attached hydrogens (tertiary/aromatic N) is 1. The van der Waals surface area contributed by atoms with Crippen molar-refractivity contribution in [3.05, 3.63) is 102 Å². The van der Waals surface area contributed by atoms with E-state index in [0.717, 1.165) is 0 Å². The molecule has 4 aromatic carbocycles. The largest absolute Gasteiger partial charge is 0.309 e. The van der Waals surface area contributed by atoms with Crippen LogP contribution in [0.4, 0.5) is 0 Å². The minimum atomic E-state index is 1.19. The highest BCUT2D eigenvalue weighted by molar-refractivity contribution is 7.17. The number of hydrogen-bond donors (Lipinski definition) is 0. The first-order valence-corrected chi connectivity index (χ1v) is 10.3. The lowest BCUT2D eigenvalue weighted by molar-refractivity contribution is 1.18. The minimum Gasteiger partial charge on any atom is -0.309 e. The summed E-state index contributed by atoms with van der Waals surface area (Å²) in [5.74, 6) is 0. The van der Waals surface area contributed by atoms with E-state index in [1.165, 1.54) is 48.7 Å². The summed E-state index contributed by atoms with van der Waals surface area (Å²) in [7, 11) is 0. The third kappa shape index (κ3) is 2.19. The summed E-state index contributed by atoms with van der Waals surface area (Å²) in [6.45, 7) is 0. The Bertz CT molecular complexity index is 1450. The molecule has 2 heterocycles. The molecule has 6 aromatic rings. The fourth-order valence-corrected chi connectivity index (χ4v) is 5.21. The average Bonchev–Trinajstić information content (AvgIpc) is 3.37. The van der Waals surface area contributed by atoms with Crippen LogP contribution in [0.1, 0.15) is 0 Å². The smallest absolute Gasteiger partial charge is 0.0619 e. The van der Waals surface area contributed by atoms with Crippen molar-refractivity contribution in [2.24, 2.45) is 0 Å². The van der Waals surface area contributed by atoms with Crippen molar-refractivity contribution in [1.29, 1.82) is 0 Å². The molecule has 2 aromatic heterocycles. The molecule has 0 spiro atoms. The van der Waals surface area contributed by atoms with E-state index in [1.54, 1.807) is 0 Å². The van der Waals surface area contributed by atoms with Crippen molar-refractivity contribution < 1.29 is 0 Å². The molecule has 6 rings (SSSR count). The third-order valence-electron chi connectivity index (χ3n) is 5.48. The molecule has 0 saturated carbocycles. The first kappa shape index (κ1) is 15.7. The molecule has 0 N–H and O–H groups in total. The molecule has 0 radical (unpaired) electrons. The molecule has 0 atom stereocenters. The summed E-state index contributed by atoms with van der Waals surface area (Å²) >= 11 is 1.82. The maximum atomic E-state index is 2.41. The monoisotopic (exact) mass is 375 g/mol. The van der Waals surface area contributed by atoms with Gasteiger partial charge in [0.25, 0.3) is 0 Å². The lowest BCUT2D eigenvalue weighted by atomic mass is 10.0. The highest BCUT2D eigenvalue weighted by atomic mass is 32.1. The summed E-state index contributed by atoms with van der Waals surface area (Å²) in [5, 5.41) is 6.08. The predicted octanol–water partition coefficient (Wildman–Crippen LogP) is 7.67. The summed E-state index contributed by atoms with van der Waals surface area (Å²) in [6.07, 6.45) is 0. The van der Waals surface area contributed by atoms with Crippen LogP contribution in [0.15, 0.2) is 102 Å². The van der Waals surface area contributed by atoms with E-state index < -0.39 is 0 Å². The van der Waals surface area contributed by atoms with Crippen molar-refractivity contribution >= 4 is 43.2 Å². The Morgan fingerprint density at radius 1 is 0.571 bits per heavy atom. The minimum absolute atomic E-state index is 1.19. The Morgan fingerprint density at radius 2 is 1.32 bits per heavy atom. The van der Waals surface area contributed by atoms with Crippen LogP contribution in [-0.4, -0.2) is 4.57 Å². The quantitative estimate of drug-likeness (QED) is 0.293. The van der Waals surface area contributed by atoms with Crippen LogP contribution in [0.5, 0.6) is 0 Å². The fourth-order valence-electron chi connectivity index (χ4n) is 4.29. The van der Waals surface area contributed by atoms with Gasteiger partial charge in [0.1, 0.15) is 0 Å². The Hall–Kier alpha value is -3.36. The van der Waals surface area contributed by atoms with Gasteiger partial charge in [-0.1, -0.05) is 72.8 Å². The van der Waals surface area contributed by atoms with E-state index in [4.69, 9.17) is 0 Å². The number of para-hydroxylation sites is 3. The van der Waals surface area contributed by atoms with Crippen LogP contribution in [-0.2, 0) is 0 Å². The van der Waals surface area contributed by atoms with Gasteiger partial charge in [-0.15, -0.1) is 11.3 Å². The van der Waals surface area contributed by atoms with E-state index in [1.807, 2.05) is 11.3 Å². The van der Waals surface area contributed by atoms with Crippen LogP contribution in [0.25, 0.3) is 48.7 Å². The molecule has 1 nitrogen and oxygen atoms in total. The first-order chi connectivity index (χ1) is 13.9. The van der Waals surface area contributed by atoms with Crippen molar-refractivity contribution in [2.45, 2.75) is 0 Å². The molecule has 2 heteroatoms. The predicted molar refractivity (Wildman–Crippen MR) is 122 cm³/mol. The van der Waals surface area contributed by atoms with Gasteiger partial charge in [0.15, 0.2) is 0 Å². The lowest BCUT2D eigenvalue weighted by Crippen LogP contribution is -1.95. The van der Waals surface area contributed by atoms with Gasteiger partial charge >= 0.3 is 0 Å². The Morgan fingerprint density at radius 3 is 2.25 bits per heavy atom. The van der Waals surface area contributed by atoms with E-state index in [2.05, 4.69) is 107 Å². The molecular weight excluding hydrogens is 358 g/mol. The summed E-state index contributed by atoms with van der Waals surface area (Å²) in [6, 6.07) is 34.9. The third-order valence-corrected chi connectivity index (χ3v) is 6.44. The highest BCUT2D eigenvalue weighted by Crippen LogP contribution is 2.41.